The van der Waals surface area contributed by atoms with Gasteiger partial charge in [0.05, 0.1) is 24.4 Å². The second-order valence-corrected chi connectivity index (χ2v) is 5.97. The minimum atomic E-state index is -0.582. The summed E-state index contributed by atoms with van der Waals surface area (Å²) < 4.78 is 5.74. The molecular formula is C16H21N3O2. The minimum Gasteiger partial charge on any atom is -0.376 e. The molecule has 0 saturated carbocycles. The third-order valence-electron chi connectivity index (χ3n) is 4.04. The molecule has 0 aliphatic carbocycles. The smallest absolute Gasteiger partial charge is 0.185 e. The Labute approximate surface area is 124 Å². The number of ketones is 1. The molecule has 1 aromatic carbocycles. The molecule has 112 valence electrons. The summed E-state index contributed by atoms with van der Waals surface area (Å²) in [4.78, 5) is 13.0. The molecule has 0 amide bonds. The van der Waals surface area contributed by atoms with Crippen LogP contribution in [0.2, 0.25) is 0 Å². The average molecular weight is 287 g/mol. The van der Waals surface area contributed by atoms with Gasteiger partial charge in [-0.05, 0) is 51.4 Å². The lowest BCUT2D eigenvalue weighted by molar-refractivity contribution is 0.0314. The van der Waals surface area contributed by atoms with Crippen LogP contribution in [0.15, 0.2) is 24.4 Å². The molecule has 3 rings (SSSR count). The molecule has 1 saturated heterocycles. The fourth-order valence-corrected chi connectivity index (χ4v) is 2.86. The second-order valence-electron chi connectivity index (χ2n) is 5.97. The molecule has 1 aliphatic rings. The molecule has 5 heteroatoms. The van der Waals surface area contributed by atoms with Crippen LogP contribution in [0.4, 0.5) is 0 Å². The molecule has 5 nitrogen and oxygen atoms in total. The Morgan fingerprint density at radius 2 is 2.33 bits per heavy atom. The fraction of sp³-hybridized carbons (Fsp3) is 0.500. The number of carbonyl (C=O) groups excluding carboxylic acids is 1. The van der Waals surface area contributed by atoms with Gasteiger partial charge in [0.1, 0.15) is 5.54 Å². The van der Waals surface area contributed by atoms with Gasteiger partial charge in [-0.1, -0.05) is 0 Å². The quantitative estimate of drug-likeness (QED) is 0.828. The van der Waals surface area contributed by atoms with Crippen LogP contribution in [-0.2, 0) is 4.74 Å². The van der Waals surface area contributed by atoms with Crippen LogP contribution in [0, 0.1) is 0 Å². The number of ether oxygens (including phenoxy) is 1. The number of aromatic amines is 1. The summed E-state index contributed by atoms with van der Waals surface area (Å²) in [6, 6.07) is 5.67. The number of benzene rings is 1. The largest absolute Gasteiger partial charge is 0.376 e. The monoisotopic (exact) mass is 287 g/mol. The van der Waals surface area contributed by atoms with Crippen LogP contribution in [0.5, 0.6) is 0 Å². The molecule has 2 heterocycles. The van der Waals surface area contributed by atoms with Gasteiger partial charge in [-0.15, -0.1) is 0 Å². The summed E-state index contributed by atoms with van der Waals surface area (Å²) in [6.07, 6.45) is 3.68. The summed E-state index contributed by atoms with van der Waals surface area (Å²) in [7, 11) is 0. The van der Waals surface area contributed by atoms with E-state index in [1.165, 1.54) is 0 Å². The van der Waals surface area contributed by atoms with E-state index in [2.05, 4.69) is 15.5 Å². The van der Waals surface area contributed by atoms with Crippen molar-refractivity contribution in [2.75, 3.05) is 13.2 Å². The van der Waals surface area contributed by atoms with Crippen molar-refractivity contribution in [3.8, 4) is 0 Å². The van der Waals surface area contributed by atoms with Gasteiger partial charge in [0.25, 0.3) is 0 Å². The average Bonchev–Trinajstić information content (AvgIpc) is 3.13. The molecule has 2 N–H and O–H groups in total. The summed E-state index contributed by atoms with van der Waals surface area (Å²) in [5, 5.41) is 11.2. The van der Waals surface area contributed by atoms with E-state index >= 15 is 0 Å². The standard InChI is InChI=1S/C16H21N3O2/c1-11(2)21-10-16(6-3-7-17-16)15(20)12-4-5-14-13(8-12)9-18-19-14/h4-5,8-9,11,17H,3,6-7,10H2,1-2H3,(H,18,19). The normalized spacial score (nSPS) is 22.2. The lowest BCUT2D eigenvalue weighted by Gasteiger charge is -2.28. The van der Waals surface area contributed by atoms with Crippen LogP contribution >= 0.6 is 0 Å². The first kappa shape index (κ1) is 14.2. The number of rotatable bonds is 5. The molecule has 2 aromatic rings. The number of carbonyl (C=O) groups is 1. The van der Waals surface area contributed by atoms with Crippen LogP contribution in [-0.4, -0.2) is 40.8 Å². The van der Waals surface area contributed by atoms with E-state index < -0.39 is 5.54 Å². The topological polar surface area (TPSA) is 67.0 Å². The summed E-state index contributed by atoms with van der Waals surface area (Å²) in [5.41, 5.74) is 1.07. The lowest BCUT2D eigenvalue weighted by Crippen LogP contribution is -2.52. The van der Waals surface area contributed by atoms with Crippen LogP contribution in [0.1, 0.15) is 37.0 Å². The van der Waals surface area contributed by atoms with Crippen molar-refractivity contribution in [3.63, 3.8) is 0 Å². The number of hydrogen-bond donors (Lipinski definition) is 2. The predicted octanol–water partition coefficient (Wildman–Crippen LogP) is 2.29. The zero-order valence-corrected chi connectivity index (χ0v) is 12.5. The number of H-pyrrole nitrogens is 1. The molecule has 1 unspecified atom stereocenters. The highest BCUT2D eigenvalue weighted by atomic mass is 16.5. The fourth-order valence-electron chi connectivity index (χ4n) is 2.86. The minimum absolute atomic E-state index is 0.115. The van der Waals surface area contributed by atoms with Gasteiger partial charge in [0.15, 0.2) is 5.78 Å². The Kier molecular flexibility index (Phi) is 3.78. The number of nitrogens with zero attached hydrogens (tertiary/aromatic N) is 1. The first-order valence-electron chi connectivity index (χ1n) is 7.45. The number of Topliss-reactive ketones (excluding diaryl/α,β-unsaturated/α-hetero) is 1. The van der Waals surface area contributed by atoms with E-state index in [0.717, 1.165) is 30.3 Å². The molecule has 1 aromatic heterocycles. The highest BCUT2D eigenvalue weighted by Gasteiger charge is 2.41. The maximum absolute atomic E-state index is 13.0. The van der Waals surface area contributed by atoms with E-state index in [0.29, 0.717) is 12.2 Å². The molecule has 0 bridgehead atoms. The Balaban J connectivity index is 1.89. The van der Waals surface area contributed by atoms with Crippen molar-refractivity contribution < 1.29 is 9.53 Å². The summed E-state index contributed by atoms with van der Waals surface area (Å²) in [5.74, 6) is 0.115. The van der Waals surface area contributed by atoms with Crippen molar-refractivity contribution >= 4 is 16.7 Å². The third kappa shape index (κ3) is 2.71. The first-order valence-corrected chi connectivity index (χ1v) is 7.45. The first-order chi connectivity index (χ1) is 10.1. The van der Waals surface area contributed by atoms with Crippen LogP contribution < -0.4 is 5.32 Å². The van der Waals surface area contributed by atoms with Gasteiger partial charge in [-0.2, -0.15) is 5.10 Å². The molecule has 21 heavy (non-hydrogen) atoms. The van der Waals surface area contributed by atoms with E-state index in [1.54, 1.807) is 6.20 Å². The molecule has 0 spiro atoms. The highest BCUT2D eigenvalue weighted by molar-refractivity contribution is 6.05. The SMILES string of the molecule is CC(C)OCC1(C(=O)c2ccc3[nH]ncc3c2)CCCN1. The Bertz CT molecular complexity index is 642. The van der Waals surface area contributed by atoms with E-state index in [4.69, 9.17) is 4.74 Å². The molecule has 1 atom stereocenters. The maximum atomic E-state index is 13.0. The zero-order valence-electron chi connectivity index (χ0n) is 12.5. The summed E-state index contributed by atoms with van der Waals surface area (Å²) in [6.45, 7) is 5.27. The summed E-state index contributed by atoms with van der Waals surface area (Å²) >= 11 is 0. The van der Waals surface area contributed by atoms with Crippen LogP contribution in [0.3, 0.4) is 0 Å². The van der Waals surface area contributed by atoms with Crippen molar-refractivity contribution in [1.82, 2.24) is 15.5 Å². The van der Waals surface area contributed by atoms with E-state index in [-0.39, 0.29) is 11.9 Å². The van der Waals surface area contributed by atoms with Crippen molar-refractivity contribution in [3.05, 3.63) is 30.0 Å². The van der Waals surface area contributed by atoms with E-state index in [9.17, 15) is 4.79 Å². The van der Waals surface area contributed by atoms with Crippen molar-refractivity contribution in [1.29, 1.82) is 0 Å². The third-order valence-corrected chi connectivity index (χ3v) is 4.04. The number of fused-ring (bicyclic) bond motifs is 1. The van der Waals surface area contributed by atoms with Gasteiger partial charge in [-0.25, -0.2) is 0 Å². The molecule has 1 fully saturated rings. The number of aromatic nitrogens is 2. The van der Waals surface area contributed by atoms with Crippen molar-refractivity contribution in [2.24, 2.45) is 0 Å². The van der Waals surface area contributed by atoms with Crippen LogP contribution in [0.25, 0.3) is 10.9 Å². The zero-order chi connectivity index (χ0) is 14.9. The maximum Gasteiger partial charge on any atom is 0.185 e. The van der Waals surface area contributed by atoms with Gasteiger partial charge in [0, 0.05) is 10.9 Å². The Morgan fingerprint density at radius 1 is 1.48 bits per heavy atom. The van der Waals surface area contributed by atoms with Gasteiger partial charge in [-0.3, -0.25) is 9.89 Å². The van der Waals surface area contributed by atoms with Gasteiger partial charge < -0.3 is 10.1 Å². The van der Waals surface area contributed by atoms with E-state index in [1.807, 2.05) is 32.0 Å². The lowest BCUT2D eigenvalue weighted by atomic mass is 9.88. The van der Waals surface area contributed by atoms with Crippen molar-refractivity contribution in [2.45, 2.75) is 38.3 Å². The molecule has 0 radical (unpaired) electrons. The predicted molar refractivity (Wildman–Crippen MR) is 81.5 cm³/mol. The Morgan fingerprint density at radius 3 is 3.05 bits per heavy atom. The number of hydrogen-bond acceptors (Lipinski definition) is 4. The van der Waals surface area contributed by atoms with Gasteiger partial charge in [0.2, 0.25) is 0 Å². The number of nitrogens with one attached hydrogen (secondary N) is 2. The second kappa shape index (κ2) is 5.58. The Hall–Kier alpha value is -1.72. The molecular weight excluding hydrogens is 266 g/mol. The highest BCUT2D eigenvalue weighted by Crippen LogP contribution is 2.26. The molecule has 1 aliphatic heterocycles. The van der Waals surface area contributed by atoms with Gasteiger partial charge >= 0.3 is 0 Å².